The van der Waals surface area contributed by atoms with Crippen LogP contribution in [-0.2, 0) is 23.7 Å². The summed E-state index contributed by atoms with van der Waals surface area (Å²) in [7, 11) is 0. The van der Waals surface area contributed by atoms with Gasteiger partial charge >= 0.3 is 5.97 Å². The Hall–Kier alpha value is -0.650. The maximum atomic E-state index is 11.2. The highest BCUT2D eigenvalue weighted by molar-refractivity contribution is 5.66. The second-order valence-corrected chi connectivity index (χ2v) is 5.90. The summed E-state index contributed by atoms with van der Waals surface area (Å²) in [6, 6.07) is 0. The standard InChI is InChI=1S/C17H32O5/c1-5-7-9-11-19-15-13(3)21-17(22-14(4)18)16(15)20-12-10-8-6-2/h13,15-17H,5-12H2,1-4H3/t13-,15-,16-,17-/m1/s1. The average molecular weight is 316 g/mol. The minimum absolute atomic E-state index is 0.137. The fourth-order valence-corrected chi connectivity index (χ4v) is 2.59. The predicted molar refractivity (Wildman–Crippen MR) is 84.6 cm³/mol. The smallest absolute Gasteiger partial charge is 0.305 e. The molecule has 1 fully saturated rings. The Kier molecular flexibility index (Phi) is 9.68. The van der Waals surface area contributed by atoms with Gasteiger partial charge in [0.1, 0.15) is 12.2 Å². The Morgan fingerprint density at radius 3 is 2.00 bits per heavy atom. The van der Waals surface area contributed by atoms with E-state index in [2.05, 4.69) is 13.8 Å². The molecule has 1 rings (SSSR count). The SMILES string of the molecule is CCCCCO[C@H]1[C@@H](OC(C)=O)O[C@H](C)[C@H]1OCCCCC. The van der Waals surface area contributed by atoms with Crippen LogP contribution in [0.15, 0.2) is 0 Å². The molecule has 22 heavy (non-hydrogen) atoms. The molecule has 0 N–H and O–H groups in total. The van der Waals surface area contributed by atoms with Crippen LogP contribution < -0.4 is 0 Å². The summed E-state index contributed by atoms with van der Waals surface area (Å²) in [5, 5.41) is 0. The third-order valence-corrected chi connectivity index (χ3v) is 3.80. The van der Waals surface area contributed by atoms with Gasteiger partial charge in [0.2, 0.25) is 6.29 Å². The molecule has 0 saturated carbocycles. The molecule has 1 saturated heterocycles. The Labute approximate surface area is 134 Å². The Morgan fingerprint density at radius 2 is 1.50 bits per heavy atom. The van der Waals surface area contributed by atoms with Crippen molar-refractivity contribution in [2.45, 2.75) is 90.8 Å². The number of rotatable bonds is 11. The monoisotopic (exact) mass is 316 g/mol. The van der Waals surface area contributed by atoms with E-state index in [-0.39, 0.29) is 24.3 Å². The Morgan fingerprint density at radius 1 is 0.955 bits per heavy atom. The number of carbonyl (C=O) groups is 1. The summed E-state index contributed by atoms with van der Waals surface area (Å²) in [4.78, 5) is 11.2. The van der Waals surface area contributed by atoms with Crippen LogP contribution in [-0.4, -0.2) is 43.8 Å². The van der Waals surface area contributed by atoms with Gasteiger partial charge in [-0.3, -0.25) is 4.79 Å². The van der Waals surface area contributed by atoms with E-state index in [4.69, 9.17) is 18.9 Å². The molecule has 1 aliphatic rings. The highest BCUT2D eigenvalue weighted by Gasteiger charge is 2.46. The van der Waals surface area contributed by atoms with Gasteiger partial charge in [-0.2, -0.15) is 0 Å². The molecule has 0 bridgehead atoms. The first kappa shape index (κ1) is 19.4. The van der Waals surface area contributed by atoms with Gasteiger partial charge in [0.05, 0.1) is 6.10 Å². The van der Waals surface area contributed by atoms with Crippen molar-refractivity contribution in [2.24, 2.45) is 0 Å². The lowest BCUT2D eigenvalue weighted by atomic mass is 10.1. The zero-order chi connectivity index (χ0) is 16.4. The molecular formula is C17H32O5. The minimum Gasteiger partial charge on any atom is -0.433 e. The van der Waals surface area contributed by atoms with E-state index in [0.29, 0.717) is 13.2 Å². The first-order valence-corrected chi connectivity index (χ1v) is 8.66. The third kappa shape index (κ3) is 6.63. The molecule has 0 aromatic rings. The summed E-state index contributed by atoms with van der Waals surface area (Å²) >= 11 is 0. The lowest BCUT2D eigenvalue weighted by Gasteiger charge is -2.23. The molecule has 0 aromatic heterocycles. The average Bonchev–Trinajstić information content (AvgIpc) is 2.75. The van der Waals surface area contributed by atoms with Gasteiger partial charge in [0.25, 0.3) is 0 Å². The fraction of sp³-hybridized carbons (Fsp3) is 0.941. The summed E-state index contributed by atoms with van der Waals surface area (Å²) in [6.45, 7) is 8.97. The molecule has 0 unspecified atom stereocenters. The van der Waals surface area contributed by atoms with Crippen molar-refractivity contribution in [2.75, 3.05) is 13.2 Å². The topological polar surface area (TPSA) is 54.0 Å². The van der Waals surface area contributed by atoms with Gasteiger partial charge in [-0.1, -0.05) is 39.5 Å². The van der Waals surface area contributed by atoms with Gasteiger partial charge < -0.3 is 18.9 Å². The molecular weight excluding hydrogens is 284 g/mol. The molecule has 0 radical (unpaired) electrons. The zero-order valence-electron chi connectivity index (χ0n) is 14.5. The number of carbonyl (C=O) groups excluding carboxylic acids is 1. The highest BCUT2D eigenvalue weighted by atomic mass is 16.7. The van der Waals surface area contributed by atoms with E-state index in [1.807, 2.05) is 6.92 Å². The summed E-state index contributed by atoms with van der Waals surface area (Å²) in [6.07, 6.45) is 5.30. The second kappa shape index (κ2) is 11.0. The maximum Gasteiger partial charge on any atom is 0.305 e. The lowest BCUT2D eigenvalue weighted by Crippen LogP contribution is -2.39. The van der Waals surface area contributed by atoms with Crippen LogP contribution in [0, 0.1) is 0 Å². The van der Waals surface area contributed by atoms with Crippen LogP contribution in [0.3, 0.4) is 0 Å². The van der Waals surface area contributed by atoms with Crippen molar-refractivity contribution in [3.8, 4) is 0 Å². The third-order valence-electron chi connectivity index (χ3n) is 3.80. The number of hydrogen-bond acceptors (Lipinski definition) is 5. The van der Waals surface area contributed by atoms with Crippen molar-refractivity contribution in [3.63, 3.8) is 0 Å². The molecule has 5 heteroatoms. The van der Waals surface area contributed by atoms with Crippen LogP contribution in [0.1, 0.15) is 66.2 Å². The van der Waals surface area contributed by atoms with E-state index in [0.717, 1.165) is 38.5 Å². The Bertz CT molecular complexity index is 307. The molecule has 1 aliphatic heterocycles. The van der Waals surface area contributed by atoms with Crippen LogP contribution in [0.25, 0.3) is 0 Å². The van der Waals surface area contributed by atoms with E-state index < -0.39 is 6.29 Å². The maximum absolute atomic E-state index is 11.2. The van der Waals surface area contributed by atoms with Gasteiger partial charge in [0, 0.05) is 20.1 Å². The predicted octanol–water partition coefficient (Wildman–Crippen LogP) is 3.45. The molecule has 0 aliphatic carbocycles. The van der Waals surface area contributed by atoms with Crippen molar-refractivity contribution in [1.82, 2.24) is 0 Å². The van der Waals surface area contributed by atoms with Crippen molar-refractivity contribution in [3.05, 3.63) is 0 Å². The van der Waals surface area contributed by atoms with E-state index in [9.17, 15) is 4.79 Å². The quantitative estimate of drug-likeness (QED) is 0.432. The summed E-state index contributed by atoms with van der Waals surface area (Å²) < 4.78 is 22.8. The van der Waals surface area contributed by atoms with Crippen molar-refractivity contribution < 1.29 is 23.7 Å². The molecule has 0 aromatic carbocycles. The Balaban J connectivity index is 2.53. The normalized spacial score (nSPS) is 28.0. The minimum atomic E-state index is -0.662. The van der Waals surface area contributed by atoms with E-state index in [1.54, 1.807) is 0 Å². The van der Waals surface area contributed by atoms with Crippen LogP contribution >= 0.6 is 0 Å². The molecule has 130 valence electrons. The molecule has 0 amide bonds. The van der Waals surface area contributed by atoms with Crippen LogP contribution in [0.2, 0.25) is 0 Å². The number of unbranched alkanes of at least 4 members (excludes halogenated alkanes) is 4. The number of hydrogen-bond donors (Lipinski definition) is 0. The van der Waals surface area contributed by atoms with E-state index in [1.165, 1.54) is 6.92 Å². The van der Waals surface area contributed by atoms with Crippen LogP contribution in [0.5, 0.6) is 0 Å². The fourth-order valence-electron chi connectivity index (χ4n) is 2.59. The first-order valence-electron chi connectivity index (χ1n) is 8.66. The lowest BCUT2D eigenvalue weighted by molar-refractivity contribution is -0.191. The van der Waals surface area contributed by atoms with Gasteiger partial charge in [-0.25, -0.2) is 0 Å². The molecule has 1 heterocycles. The highest BCUT2D eigenvalue weighted by Crippen LogP contribution is 2.28. The zero-order valence-corrected chi connectivity index (χ0v) is 14.5. The largest absolute Gasteiger partial charge is 0.433 e. The number of ether oxygens (including phenoxy) is 4. The molecule has 5 nitrogen and oxygen atoms in total. The van der Waals surface area contributed by atoms with Crippen molar-refractivity contribution in [1.29, 1.82) is 0 Å². The summed E-state index contributed by atoms with van der Waals surface area (Å²) in [5.41, 5.74) is 0. The van der Waals surface area contributed by atoms with Gasteiger partial charge in [-0.15, -0.1) is 0 Å². The molecule has 4 atom stereocenters. The van der Waals surface area contributed by atoms with Crippen molar-refractivity contribution >= 4 is 5.97 Å². The van der Waals surface area contributed by atoms with E-state index >= 15 is 0 Å². The first-order chi connectivity index (χ1) is 10.6. The van der Waals surface area contributed by atoms with Gasteiger partial charge in [0.15, 0.2) is 0 Å². The second-order valence-electron chi connectivity index (χ2n) is 5.90. The van der Waals surface area contributed by atoms with Crippen LogP contribution in [0.4, 0.5) is 0 Å². The molecule has 0 spiro atoms. The summed E-state index contributed by atoms with van der Waals surface area (Å²) in [5.74, 6) is -0.356. The van der Waals surface area contributed by atoms with Gasteiger partial charge in [-0.05, 0) is 19.8 Å². The number of esters is 1.